The highest BCUT2D eigenvalue weighted by Crippen LogP contribution is 2.29. The van der Waals surface area contributed by atoms with Gasteiger partial charge < -0.3 is 10.1 Å². The molecule has 8 heteroatoms. The minimum Gasteiger partial charge on any atom is -0.325 e. The van der Waals surface area contributed by atoms with Crippen LogP contribution in [0, 0.1) is 0 Å². The summed E-state index contributed by atoms with van der Waals surface area (Å²) in [4.78, 5) is 16.3. The van der Waals surface area contributed by atoms with Crippen molar-refractivity contribution in [2.45, 2.75) is 36.6 Å². The number of fused-ring (bicyclic) bond motifs is 1. The van der Waals surface area contributed by atoms with E-state index in [-0.39, 0.29) is 11.7 Å². The molecule has 0 aliphatic heterocycles. The maximum atomic E-state index is 11.8. The SMILES string of the molecule is CC(C)n1c(Sc2nc3ccccn3c2CN)n[nH]c1=O. The summed E-state index contributed by atoms with van der Waals surface area (Å²) in [6.45, 7) is 4.24. The van der Waals surface area contributed by atoms with Gasteiger partial charge in [0.1, 0.15) is 10.7 Å². The van der Waals surface area contributed by atoms with Crippen molar-refractivity contribution in [1.82, 2.24) is 24.1 Å². The van der Waals surface area contributed by atoms with Crippen molar-refractivity contribution >= 4 is 17.4 Å². The molecule has 3 N–H and O–H groups in total. The first-order valence-electron chi connectivity index (χ1n) is 6.62. The van der Waals surface area contributed by atoms with Crippen LogP contribution in [0.4, 0.5) is 0 Å². The Balaban J connectivity index is 2.08. The highest BCUT2D eigenvalue weighted by atomic mass is 32.2. The van der Waals surface area contributed by atoms with Gasteiger partial charge in [-0.3, -0.25) is 4.57 Å². The van der Waals surface area contributed by atoms with Crippen molar-refractivity contribution in [3.8, 4) is 0 Å². The fraction of sp³-hybridized carbons (Fsp3) is 0.308. The van der Waals surface area contributed by atoms with Gasteiger partial charge in [-0.25, -0.2) is 14.9 Å². The first kappa shape index (κ1) is 13.9. The molecule has 0 aliphatic carbocycles. The van der Waals surface area contributed by atoms with E-state index in [1.165, 1.54) is 11.8 Å². The van der Waals surface area contributed by atoms with Crippen LogP contribution in [0.3, 0.4) is 0 Å². The van der Waals surface area contributed by atoms with Crippen LogP contribution in [0.5, 0.6) is 0 Å². The van der Waals surface area contributed by atoms with Crippen molar-refractivity contribution in [1.29, 1.82) is 0 Å². The maximum Gasteiger partial charge on any atom is 0.344 e. The fourth-order valence-electron chi connectivity index (χ4n) is 2.20. The zero-order valence-electron chi connectivity index (χ0n) is 11.8. The number of imidazole rings is 1. The van der Waals surface area contributed by atoms with E-state index in [9.17, 15) is 4.79 Å². The van der Waals surface area contributed by atoms with Crippen LogP contribution in [-0.4, -0.2) is 24.1 Å². The molecule has 3 aromatic rings. The molecule has 3 aromatic heterocycles. The zero-order valence-corrected chi connectivity index (χ0v) is 12.6. The van der Waals surface area contributed by atoms with E-state index >= 15 is 0 Å². The van der Waals surface area contributed by atoms with Crippen molar-refractivity contribution in [3.05, 3.63) is 40.6 Å². The van der Waals surface area contributed by atoms with E-state index in [2.05, 4.69) is 15.2 Å². The average molecular weight is 304 g/mol. The lowest BCUT2D eigenvalue weighted by molar-refractivity contribution is 0.534. The Morgan fingerprint density at radius 2 is 2.24 bits per heavy atom. The Kier molecular flexibility index (Phi) is 3.56. The number of hydrogen-bond acceptors (Lipinski definition) is 5. The van der Waals surface area contributed by atoms with Crippen molar-refractivity contribution < 1.29 is 0 Å². The van der Waals surface area contributed by atoms with Crippen LogP contribution in [0.15, 0.2) is 39.4 Å². The van der Waals surface area contributed by atoms with Crippen molar-refractivity contribution in [2.75, 3.05) is 0 Å². The number of nitrogens with one attached hydrogen (secondary N) is 1. The van der Waals surface area contributed by atoms with E-state index < -0.39 is 0 Å². The quantitative estimate of drug-likeness (QED) is 0.760. The van der Waals surface area contributed by atoms with Gasteiger partial charge in [0.15, 0.2) is 5.16 Å². The zero-order chi connectivity index (χ0) is 15.0. The van der Waals surface area contributed by atoms with Gasteiger partial charge in [0.25, 0.3) is 0 Å². The predicted molar refractivity (Wildman–Crippen MR) is 80.4 cm³/mol. The monoisotopic (exact) mass is 304 g/mol. The summed E-state index contributed by atoms with van der Waals surface area (Å²) in [5.74, 6) is 0. The minimum atomic E-state index is -0.217. The van der Waals surface area contributed by atoms with Gasteiger partial charge in [-0.2, -0.15) is 0 Å². The minimum absolute atomic E-state index is 0.0251. The number of H-pyrrole nitrogens is 1. The Hall–Kier alpha value is -2.06. The topological polar surface area (TPSA) is 94.0 Å². The largest absolute Gasteiger partial charge is 0.344 e. The third-order valence-corrected chi connectivity index (χ3v) is 4.15. The Labute approximate surface area is 125 Å². The maximum absolute atomic E-state index is 11.8. The summed E-state index contributed by atoms with van der Waals surface area (Å²) in [5, 5.41) is 7.92. The van der Waals surface area contributed by atoms with Crippen LogP contribution in [-0.2, 0) is 6.54 Å². The molecule has 3 rings (SSSR count). The highest BCUT2D eigenvalue weighted by Gasteiger charge is 2.17. The fourth-order valence-corrected chi connectivity index (χ4v) is 3.29. The lowest BCUT2D eigenvalue weighted by Crippen LogP contribution is -2.19. The van der Waals surface area contributed by atoms with Crippen molar-refractivity contribution in [2.24, 2.45) is 5.73 Å². The summed E-state index contributed by atoms with van der Waals surface area (Å²) in [7, 11) is 0. The summed E-state index contributed by atoms with van der Waals surface area (Å²) in [6.07, 6.45) is 1.93. The summed E-state index contributed by atoms with van der Waals surface area (Å²) in [5.41, 5.74) is 7.36. The number of nitrogens with zero attached hydrogens (tertiary/aromatic N) is 4. The van der Waals surface area contributed by atoms with E-state index in [0.717, 1.165) is 16.4 Å². The lowest BCUT2D eigenvalue weighted by atomic mass is 10.4. The van der Waals surface area contributed by atoms with Gasteiger partial charge in [-0.1, -0.05) is 6.07 Å². The standard InChI is InChI=1S/C13H16N6OS/c1-8(2)19-12(20)16-17-13(19)21-11-9(7-14)18-6-4-3-5-10(18)15-11/h3-6,8H,7,14H2,1-2H3,(H,16,20). The molecule has 0 unspecified atom stereocenters. The molecule has 7 nitrogen and oxygen atoms in total. The Morgan fingerprint density at radius 3 is 2.95 bits per heavy atom. The second-order valence-corrected chi connectivity index (χ2v) is 5.83. The van der Waals surface area contributed by atoms with Crippen molar-refractivity contribution in [3.63, 3.8) is 0 Å². The number of aromatic amines is 1. The first-order valence-corrected chi connectivity index (χ1v) is 7.44. The van der Waals surface area contributed by atoms with E-state index in [1.807, 2.05) is 42.6 Å². The summed E-state index contributed by atoms with van der Waals surface area (Å²) >= 11 is 1.35. The van der Waals surface area contributed by atoms with Gasteiger partial charge in [0.2, 0.25) is 0 Å². The summed E-state index contributed by atoms with van der Waals surface area (Å²) in [6, 6.07) is 5.80. The molecule has 0 saturated carbocycles. The molecule has 0 atom stereocenters. The van der Waals surface area contributed by atoms with Crippen LogP contribution < -0.4 is 11.4 Å². The van der Waals surface area contributed by atoms with Gasteiger partial charge in [-0.15, -0.1) is 5.10 Å². The molecule has 110 valence electrons. The highest BCUT2D eigenvalue weighted by molar-refractivity contribution is 7.99. The van der Waals surface area contributed by atoms with Crippen LogP contribution >= 0.6 is 11.8 Å². The molecule has 0 amide bonds. The van der Waals surface area contributed by atoms with Gasteiger partial charge in [0.05, 0.1) is 5.69 Å². The van der Waals surface area contributed by atoms with Gasteiger partial charge in [0, 0.05) is 18.8 Å². The predicted octanol–water partition coefficient (Wildman–Crippen LogP) is 1.41. The van der Waals surface area contributed by atoms with Gasteiger partial charge in [-0.05, 0) is 37.7 Å². The molecule has 0 fully saturated rings. The molecular formula is C13H16N6OS. The van der Waals surface area contributed by atoms with E-state index in [4.69, 9.17) is 5.73 Å². The molecule has 0 aromatic carbocycles. The molecule has 0 radical (unpaired) electrons. The van der Waals surface area contributed by atoms with Gasteiger partial charge >= 0.3 is 5.69 Å². The number of aromatic nitrogens is 5. The van der Waals surface area contributed by atoms with E-state index in [0.29, 0.717) is 11.7 Å². The number of nitrogens with two attached hydrogens (primary N) is 1. The summed E-state index contributed by atoms with van der Waals surface area (Å²) < 4.78 is 3.56. The molecule has 0 spiro atoms. The third-order valence-electron chi connectivity index (χ3n) is 3.16. The second kappa shape index (κ2) is 5.38. The molecule has 0 bridgehead atoms. The smallest absolute Gasteiger partial charge is 0.325 e. The Morgan fingerprint density at radius 1 is 1.43 bits per heavy atom. The number of hydrogen-bond donors (Lipinski definition) is 2. The normalized spacial score (nSPS) is 11.6. The lowest BCUT2D eigenvalue weighted by Gasteiger charge is -2.07. The number of pyridine rings is 1. The number of rotatable bonds is 4. The van der Waals surface area contributed by atoms with E-state index in [1.54, 1.807) is 4.57 Å². The first-order chi connectivity index (χ1) is 10.1. The van der Waals surface area contributed by atoms with Crippen LogP contribution in [0.1, 0.15) is 25.6 Å². The second-order valence-electron chi connectivity index (χ2n) is 4.87. The third kappa shape index (κ3) is 2.36. The molecule has 21 heavy (non-hydrogen) atoms. The Bertz CT molecular complexity index is 831. The average Bonchev–Trinajstić information content (AvgIpc) is 2.99. The molecular weight excluding hydrogens is 288 g/mol. The van der Waals surface area contributed by atoms with Crippen LogP contribution in [0.2, 0.25) is 0 Å². The molecule has 3 heterocycles. The molecule has 0 aliphatic rings. The molecule has 0 saturated heterocycles. The van der Waals surface area contributed by atoms with Crippen LogP contribution in [0.25, 0.3) is 5.65 Å².